The highest BCUT2D eigenvalue weighted by atomic mass is 16.5. The molecule has 1 heterocycles. The first-order valence-corrected chi connectivity index (χ1v) is 11.3. The molecule has 1 saturated carbocycles. The first-order chi connectivity index (χ1) is 15.5. The lowest BCUT2D eigenvalue weighted by Crippen LogP contribution is -2.54. The Morgan fingerprint density at radius 1 is 1.21 bits per heavy atom. The summed E-state index contributed by atoms with van der Waals surface area (Å²) in [5.41, 5.74) is -0.467. The number of imide groups is 1. The molecule has 0 unspecified atom stereocenters. The fourth-order valence-corrected chi connectivity index (χ4v) is 5.31. The second-order valence-electron chi connectivity index (χ2n) is 9.94. The Kier molecular flexibility index (Phi) is 7.00. The quantitative estimate of drug-likeness (QED) is 0.611. The normalized spacial score (nSPS) is 23.9. The van der Waals surface area contributed by atoms with Gasteiger partial charge in [0.1, 0.15) is 17.8 Å². The number of likely N-dealkylation sites (N-methyl/N-ethyl adjacent to an activating group) is 1. The molecule has 0 radical (unpaired) electrons. The monoisotopic (exact) mass is 458 g/mol. The van der Waals surface area contributed by atoms with Crippen LogP contribution in [0.5, 0.6) is 5.75 Å². The van der Waals surface area contributed by atoms with E-state index in [4.69, 9.17) is 4.74 Å². The number of ether oxygens (including phenoxy) is 1. The van der Waals surface area contributed by atoms with Crippen LogP contribution in [0.15, 0.2) is 24.3 Å². The van der Waals surface area contributed by atoms with Gasteiger partial charge in [-0.3, -0.25) is 19.3 Å². The number of amides is 5. The number of urea groups is 1. The zero-order chi connectivity index (χ0) is 24.4. The van der Waals surface area contributed by atoms with Crippen molar-refractivity contribution in [3.8, 4) is 5.75 Å². The summed E-state index contributed by atoms with van der Waals surface area (Å²) in [5, 5.41) is 5.61. The number of carbonyl (C=O) groups excluding carboxylic acids is 4. The predicted molar refractivity (Wildman–Crippen MR) is 124 cm³/mol. The summed E-state index contributed by atoms with van der Waals surface area (Å²) in [6, 6.07) is 6.30. The number of hydrogen-bond donors (Lipinski definition) is 2. The van der Waals surface area contributed by atoms with Gasteiger partial charge >= 0.3 is 6.03 Å². The van der Waals surface area contributed by atoms with Crippen LogP contribution in [0.2, 0.25) is 0 Å². The first-order valence-electron chi connectivity index (χ1n) is 11.3. The van der Waals surface area contributed by atoms with Gasteiger partial charge in [-0.05, 0) is 61.8 Å². The maximum Gasteiger partial charge on any atom is 0.325 e. The van der Waals surface area contributed by atoms with Gasteiger partial charge in [0.15, 0.2) is 0 Å². The van der Waals surface area contributed by atoms with E-state index in [0.29, 0.717) is 24.3 Å². The fourth-order valence-electron chi connectivity index (χ4n) is 5.31. The zero-order valence-electron chi connectivity index (χ0n) is 20.1. The molecule has 2 atom stereocenters. The molecule has 9 heteroatoms. The van der Waals surface area contributed by atoms with E-state index in [0.717, 1.165) is 11.3 Å². The molecule has 180 valence electrons. The Morgan fingerprint density at radius 3 is 2.45 bits per heavy atom. The molecular formula is C24H34N4O5. The maximum absolute atomic E-state index is 13.3. The largest absolute Gasteiger partial charge is 0.497 e. The minimum Gasteiger partial charge on any atom is -0.497 e. The van der Waals surface area contributed by atoms with Gasteiger partial charge in [-0.1, -0.05) is 20.8 Å². The number of benzene rings is 1. The van der Waals surface area contributed by atoms with Crippen LogP contribution < -0.4 is 15.4 Å². The van der Waals surface area contributed by atoms with E-state index < -0.39 is 17.5 Å². The van der Waals surface area contributed by atoms with E-state index in [1.807, 2.05) is 0 Å². The van der Waals surface area contributed by atoms with Crippen molar-refractivity contribution in [2.75, 3.05) is 32.1 Å². The van der Waals surface area contributed by atoms with Crippen LogP contribution >= 0.6 is 0 Å². The van der Waals surface area contributed by atoms with Crippen molar-refractivity contribution < 1.29 is 23.9 Å². The third kappa shape index (κ3) is 5.46. The van der Waals surface area contributed by atoms with Crippen molar-refractivity contribution in [3.05, 3.63) is 24.3 Å². The molecule has 1 aliphatic heterocycles. The summed E-state index contributed by atoms with van der Waals surface area (Å²) in [6.07, 6.45) is 2.08. The topological polar surface area (TPSA) is 108 Å². The molecule has 0 aromatic heterocycles. The molecule has 0 bridgehead atoms. The smallest absolute Gasteiger partial charge is 0.325 e. The van der Waals surface area contributed by atoms with E-state index in [1.165, 1.54) is 4.90 Å². The lowest BCUT2D eigenvalue weighted by atomic mass is 9.64. The van der Waals surface area contributed by atoms with Gasteiger partial charge in [0, 0.05) is 12.2 Å². The van der Waals surface area contributed by atoms with E-state index in [2.05, 4.69) is 31.4 Å². The van der Waals surface area contributed by atoms with Gasteiger partial charge in [0.25, 0.3) is 5.91 Å². The van der Waals surface area contributed by atoms with E-state index in [1.54, 1.807) is 38.3 Å². The number of nitrogens with one attached hydrogen (secondary N) is 2. The van der Waals surface area contributed by atoms with Crippen molar-refractivity contribution in [2.24, 2.45) is 11.3 Å². The van der Waals surface area contributed by atoms with Crippen LogP contribution in [0.4, 0.5) is 10.5 Å². The summed E-state index contributed by atoms with van der Waals surface area (Å²) in [5.74, 6) is -0.222. The number of nitrogens with zero attached hydrogens (tertiary/aromatic N) is 2. The van der Waals surface area contributed by atoms with Crippen LogP contribution in [0.25, 0.3) is 0 Å². The molecule has 33 heavy (non-hydrogen) atoms. The molecular weight excluding hydrogens is 424 g/mol. The van der Waals surface area contributed by atoms with Crippen molar-refractivity contribution in [1.29, 1.82) is 0 Å². The lowest BCUT2D eigenvalue weighted by Gasteiger charge is -2.43. The van der Waals surface area contributed by atoms with Gasteiger partial charge in [0.05, 0.1) is 13.7 Å². The Morgan fingerprint density at radius 2 is 1.88 bits per heavy atom. The average Bonchev–Trinajstić information content (AvgIpc) is 2.94. The highest BCUT2D eigenvalue weighted by molar-refractivity contribution is 6.09. The van der Waals surface area contributed by atoms with E-state index in [9.17, 15) is 19.2 Å². The highest BCUT2D eigenvalue weighted by Crippen LogP contribution is 2.46. The number of anilines is 1. The van der Waals surface area contributed by atoms with Crippen LogP contribution in [-0.2, 0) is 14.4 Å². The Balaban J connectivity index is 1.63. The number of methoxy groups -OCH3 is 1. The summed E-state index contributed by atoms with van der Waals surface area (Å²) in [7, 11) is 1.56. The molecule has 9 nitrogen and oxygen atoms in total. The molecule has 1 aromatic carbocycles. The minimum atomic E-state index is -0.957. The van der Waals surface area contributed by atoms with Gasteiger partial charge in [-0.2, -0.15) is 0 Å². The lowest BCUT2D eigenvalue weighted by molar-refractivity contribution is -0.141. The highest BCUT2D eigenvalue weighted by Gasteiger charge is 2.56. The molecule has 1 spiro atoms. The molecule has 1 aromatic rings. The van der Waals surface area contributed by atoms with Crippen molar-refractivity contribution in [1.82, 2.24) is 15.1 Å². The van der Waals surface area contributed by atoms with Crippen molar-refractivity contribution in [3.63, 3.8) is 0 Å². The molecule has 1 aliphatic carbocycles. The molecule has 5 amide bonds. The summed E-state index contributed by atoms with van der Waals surface area (Å²) in [4.78, 5) is 53.6. The van der Waals surface area contributed by atoms with Crippen LogP contribution in [-0.4, -0.2) is 65.8 Å². The van der Waals surface area contributed by atoms with Gasteiger partial charge in [-0.15, -0.1) is 0 Å². The molecule has 3 rings (SSSR count). The van der Waals surface area contributed by atoms with E-state index >= 15 is 0 Å². The van der Waals surface area contributed by atoms with Crippen LogP contribution in [0.1, 0.15) is 47.0 Å². The maximum atomic E-state index is 13.3. The third-order valence-corrected chi connectivity index (χ3v) is 6.36. The van der Waals surface area contributed by atoms with E-state index in [-0.39, 0.29) is 42.8 Å². The third-order valence-electron chi connectivity index (χ3n) is 6.36. The number of hydrogen-bond acceptors (Lipinski definition) is 5. The molecule has 2 fully saturated rings. The van der Waals surface area contributed by atoms with Crippen molar-refractivity contribution in [2.45, 2.75) is 52.5 Å². The Labute approximate surface area is 194 Å². The Hall–Kier alpha value is -3.10. The van der Waals surface area contributed by atoms with Crippen LogP contribution in [0, 0.1) is 11.3 Å². The van der Waals surface area contributed by atoms with Gasteiger partial charge < -0.3 is 20.3 Å². The standard InChI is InChI=1S/C24H34N4O5/c1-6-27(13-19(29)25-17-7-9-18(33-5)10-8-17)20(30)14-28-21(31)24(26-22(28)32)12-16(2)11-23(3,4)15-24/h7-10,16H,6,11-15H2,1-5H3,(H,25,29)(H,26,32)/t16-,24-/m0/s1. The molecule has 2 aliphatic rings. The summed E-state index contributed by atoms with van der Waals surface area (Å²) < 4.78 is 5.10. The van der Waals surface area contributed by atoms with Gasteiger partial charge in [-0.25, -0.2) is 4.79 Å². The van der Waals surface area contributed by atoms with Crippen molar-refractivity contribution >= 4 is 29.4 Å². The first kappa shape index (κ1) is 24.5. The summed E-state index contributed by atoms with van der Waals surface area (Å²) in [6.45, 7) is 7.72. The molecule has 2 N–H and O–H groups in total. The average molecular weight is 459 g/mol. The second kappa shape index (κ2) is 9.41. The van der Waals surface area contributed by atoms with Gasteiger partial charge in [0.2, 0.25) is 11.8 Å². The van der Waals surface area contributed by atoms with Crippen LogP contribution in [0.3, 0.4) is 0 Å². The number of rotatable bonds is 7. The fraction of sp³-hybridized carbons (Fsp3) is 0.583. The molecule has 1 saturated heterocycles. The zero-order valence-corrected chi connectivity index (χ0v) is 20.1. The minimum absolute atomic E-state index is 0.0877. The number of carbonyl (C=O) groups is 4. The SMILES string of the molecule is CCN(CC(=O)Nc1ccc(OC)cc1)C(=O)CN1C(=O)N[C@]2(C[C@@H](C)CC(C)(C)C2)C1=O. The summed E-state index contributed by atoms with van der Waals surface area (Å²) >= 11 is 0. The Bertz CT molecular complexity index is 929. The predicted octanol–water partition coefficient (Wildman–Crippen LogP) is 2.62. The second-order valence-corrected chi connectivity index (χ2v) is 9.94.